The molecule has 18 heteroatoms. The lowest BCUT2D eigenvalue weighted by atomic mass is 9.33. The van der Waals surface area contributed by atoms with Gasteiger partial charge in [-0.05, 0) is 109 Å². The van der Waals surface area contributed by atoms with Crippen molar-refractivity contribution in [1.82, 2.24) is 0 Å². The Morgan fingerprint density at radius 1 is 0.606 bits per heavy atom. The van der Waals surface area contributed by atoms with Crippen LogP contribution in [0.3, 0.4) is 0 Å². The van der Waals surface area contributed by atoms with Crippen molar-refractivity contribution in [2.24, 2.45) is 50.2 Å². The van der Waals surface area contributed by atoms with E-state index in [1.807, 2.05) is 0 Å². The third-order valence-electron chi connectivity index (χ3n) is 19.4. The lowest BCUT2D eigenvalue weighted by Crippen LogP contribution is -2.68. The summed E-state index contributed by atoms with van der Waals surface area (Å²) in [6.07, 6.45) is -15.3. The Labute approximate surface area is 387 Å². The number of carbonyl (C=O) groups is 1. The highest BCUT2D eigenvalue weighted by atomic mass is 16.8. The number of aliphatic carboxylic acids is 1. The minimum atomic E-state index is -1.90. The van der Waals surface area contributed by atoms with E-state index in [2.05, 4.69) is 54.5 Å². The molecule has 23 atom stereocenters. The molecule has 18 nitrogen and oxygen atoms in total. The van der Waals surface area contributed by atoms with Gasteiger partial charge in [0.05, 0.1) is 31.3 Å². The maximum atomic E-state index is 13.2. The maximum absolute atomic E-state index is 13.2. The zero-order valence-electron chi connectivity index (χ0n) is 39.5. The first-order valence-corrected chi connectivity index (χ1v) is 24.3. The van der Waals surface area contributed by atoms with Gasteiger partial charge in [0.1, 0.15) is 73.2 Å². The van der Waals surface area contributed by atoms with Crippen LogP contribution in [0.25, 0.3) is 0 Å². The van der Waals surface area contributed by atoms with Crippen LogP contribution in [0, 0.1) is 50.2 Å². The predicted octanol–water partition coefficient (Wildman–Crippen LogP) is 0.706. The molecule has 0 aromatic rings. The summed E-state index contributed by atoms with van der Waals surface area (Å²) in [5.74, 6) is -0.261. The number of aliphatic hydroxyl groups is 10. The van der Waals surface area contributed by atoms with Crippen LogP contribution in [0.1, 0.15) is 113 Å². The van der Waals surface area contributed by atoms with Gasteiger partial charge in [0, 0.05) is 0 Å². The van der Waals surface area contributed by atoms with E-state index in [4.69, 9.17) is 28.4 Å². The van der Waals surface area contributed by atoms with Crippen molar-refractivity contribution in [3.63, 3.8) is 0 Å². The largest absolute Gasteiger partial charge is 0.481 e. The Morgan fingerprint density at radius 3 is 1.70 bits per heavy atom. The van der Waals surface area contributed by atoms with Crippen LogP contribution in [0.15, 0.2) is 11.6 Å². The van der Waals surface area contributed by atoms with E-state index >= 15 is 0 Å². The quantitative estimate of drug-likeness (QED) is 0.106. The van der Waals surface area contributed by atoms with Crippen molar-refractivity contribution in [3.8, 4) is 0 Å². The van der Waals surface area contributed by atoms with Crippen LogP contribution in [0.5, 0.6) is 0 Å². The molecule has 0 amide bonds. The topological polar surface area (TPSA) is 295 Å². The number of allylic oxidation sites excluding steroid dienone is 2. The molecule has 3 saturated heterocycles. The molecule has 66 heavy (non-hydrogen) atoms. The summed E-state index contributed by atoms with van der Waals surface area (Å²) in [7, 11) is 0. The van der Waals surface area contributed by atoms with Gasteiger partial charge in [0.2, 0.25) is 0 Å². The summed E-state index contributed by atoms with van der Waals surface area (Å²) >= 11 is 0. The van der Waals surface area contributed by atoms with Crippen molar-refractivity contribution in [3.05, 3.63) is 11.6 Å². The number of fused-ring (bicyclic) bond motifs is 7. The van der Waals surface area contributed by atoms with Crippen LogP contribution >= 0.6 is 0 Å². The molecule has 8 rings (SSSR count). The zero-order valence-corrected chi connectivity index (χ0v) is 39.5. The van der Waals surface area contributed by atoms with Crippen molar-refractivity contribution in [2.45, 2.75) is 211 Å². The van der Waals surface area contributed by atoms with Gasteiger partial charge >= 0.3 is 5.97 Å². The number of carboxylic acids is 1. The first-order valence-electron chi connectivity index (χ1n) is 24.3. The van der Waals surface area contributed by atoms with Crippen molar-refractivity contribution in [2.75, 3.05) is 19.8 Å². The summed E-state index contributed by atoms with van der Waals surface area (Å²) < 4.78 is 37.1. The molecular weight excluding hydrogens is 865 g/mol. The van der Waals surface area contributed by atoms with Gasteiger partial charge in [-0.25, -0.2) is 0 Å². The molecule has 0 aromatic carbocycles. The second-order valence-corrected chi connectivity index (χ2v) is 23.5. The molecule has 7 fully saturated rings. The average Bonchev–Trinajstić information content (AvgIpc) is 3.26. The van der Waals surface area contributed by atoms with Gasteiger partial charge in [-0.3, -0.25) is 4.79 Å². The summed E-state index contributed by atoms with van der Waals surface area (Å²) in [5, 5.41) is 117. The lowest BCUT2D eigenvalue weighted by Gasteiger charge is -2.71. The summed E-state index contributed by atoms with van der Waals surface area (Å²) in [4.78, 5) is 13.2. The van der Waals surface area contributed by atoms with Gasteiger partial charge in [-0.15, -0.1) is 0 Å². The van der Waals surface area contributed by atoms with Gasteiger partial charge in [-0.1, -0.05) is 60.1 Å². The molecular formula is C48H78O18. The second-order valence-electron chi connectivity index (χ2n) is 23.5. The zero-order chi connectivity index (χ0) is 48.3. The third-order valence-corrected chi connectivity index (χ3v) is 19.4. The number of hydrogen-bond donors (Lipinski definition) is 11. The Morgan fingerprint density at radius 2 is 1.14 bits per heavy atom. The average molecular weight is 943 g/mol. The first-order chi connectivity index (χ1) is 30.9. The van der Waals surface area contributed by atoms with E-state index in [0.717, 1.165) is 44.9 Å². The van der Waals surface area contributed by atoms with Crippen molar-refractivity contribution < 1.29 is 89.4 Å². The normalized spacial score (nSPS) is 53.3. The molecule has 8 aliphatic rings. The highest BCUT2D eigenvalue weighted by molar-refractivity contribution is 5.76. The number of carboxylic acid groups (broad SMARTS) is 1. The highest BCUT2D eigenvalue weighted by Gasteiger charge is 2.70. The standard InChI is InChI=1S/C48H78O18/c1-43(2)14-16-48(42(59)60)17-15-46(6)22(23(48)18-43)8-9-28-45(5)12-11-29(44(3,4)27(45)10-13-47(28,46)7)64-41-38(66-40-36(58)34(56)31(53)25(20-50)62-40)37(32(54)26(21-51)63-41)65-39-35(57)33(55)30(52)24(19-49)61-39/h8,23-41,49-58H,9-21H2,1-7H3,(H,59,60)/t23-,24+,25+,26+,27-,28+,29-,30-,31+,32+,33-,34-,35+,36+,37-,38+,39-,40-,41-,45-,46+,47+,48-/m0/s1. The van der Waals surface area contributed by atoms with Gasteiger partial charge in [-0.2, -0.15) is 0 Å². The number of rotatable bonds is 10. The second kappa shape index (κ2) is 18.0. The Hall–Kier alpha value is -1.43. The summed E-state index contributed by atoms with van der Waals surface area (Å²) in [5.41, 5.74) is -0.317. The number of ether oxygens (including phenoxy) is 6. The predicted molar refractivity (Wildman–Crippen MR) is 231 cm³/mol. The molecule has 0 unspecified atom stereocenters. The Kier molecular flexibility index (Phi) is 13.9. The SMILES string of the molecule is CC1(C)CC[C@]2(C(=O)O)CC[C@]3(C)C(=CC[C@@H]4[C@@]5(C)CC[C@H](O[C@@H]6O[C@H](CO)[C@@H](O)[C@H](O[C@@H]7O[C@H](CO)[C@H](O)[C@H](O)[C@H]7O)[C@H]6O[C@@H]6O[C@H](CO)[C@@H](O)[C@H](O)[C@H]6O)C(C)(C)[C@@H]5CC[C@]43C)[C@@H]2C1. The minimum absolute atomic E-state index is 0.00945. The minimum Gasteiger partial charge on any atom is -0.481 e. The van der Waals surface area contributed by atoms with Crippen molar-refractivity contribution in [1.29, 1.82) is 0 Å². The molecule has 4 saturated carbocycles. The molecule has 5 aliphatic carbocycles. The summed E-state index contributed by atoms with van der Waals surface area (Å²) in [6, 6.07) is 0. The fourth-order valence-corrected chi connectivity index (χ4v) is 15.1. The number of hydrogen-bond acceptors (Lipinski definition) is 17. The van der Waals surface area contributed by atoms with E-state index in [-0.39, 0.29) is 39.4 Å². The van der Waals surface area contributed by atoms with Gasteiger partial charge in [0.25, 0.3) is 0 Å². The van der Waals surface area contributed by atoms with E-state index in [0.29, 0.717) is 19.3 Å². The molecule has 3 aliphatic heterocycles. The molecule has 378 valence electrons. The lowest BCUT2D eigenvalue weighted by molar-refractivity contribution is -0.399. The fraction of sp³-hybridized carbons (Fsp3) is 0.938. The van der Waals surface area contributed by atoms with Gasteiger partial charge < -0.3 is 84.6 Å². The molecule has 0 aromatic heterocycles. The van der Waals surface area contributed by atoms with E-state index in [9.17, 15) is 61.0 Å². The smallest absolute Gasteiger partial charge is 0.310 e. The number of aliphatic hydroxyl groups excluding tert-OH is 10. The fourth-order valence-electron chi connectivity index (χ4n) is 15.1. The Bertz CT molecular complexity index is 1790. The first kappa shape index (κ1) is 50.9. The van der Waals surface area contributed by atoms with Crippen LogP contribution < -0.4 is 0 Å². The van der Waals surface area contributed by atoms with E-state index < -0.39 is 135 Å². The van der Waals surface area contributed by atoms with Crippen LogP contribution in [0.2, 0.25) is 0 Å². The molecule has 11 N–H and O–H groups in total. The monoisotopic (exact) mass is 943 g/mol. The molecule has 3 heterocycles. The maximum Gasteiger partial charge on any atom is 0.310 e. The van der Waals surface area contributed by atoms with E-state index in [1.165, 1.54) is 5.57 Å². The molecule has 0 bridgehead atoms. The third kappa shape index (κ3) is 7.87. The molecule has 0 radical (unpaired) electrons. The van der Waals surface area contributed by atoms with Crippen LogP contribution in [-0.2, 0) is 33.2 Å². The van der Waals surface area contributed by atoms with E-state index in [1.54, 1.807) is 0 Å². The van der Waals surface area contributed by atoms with Crippen molar-refractivity contribution >= 4 is 5.97 Å². The van der Waals surface area contributed by atoms with Gasteiger partial charge in [0.15, 0.2) is 18.9 Å². The Balaban J connectivity index is 1.10. The van der Waals surface area contributed by atoms with Crippen LogP contribution in [-0.4, -0.2) is 180 Å². The highest BCUT2D eigenvalue weighted by Crippen LogP contribution is 2.76. The van der Waals surface area contributed by atoms with Crippen LogP contribution in [0.4, 0.5) is 0 Å². The summed E-state index contributed by atoms with van der Waals surface area (Å²) in [6.45, 7) is 13.9. The molecule has 0 spiro atoms.